The minimum absolute atomic E-state index is 0.0606. The summed E-state index contributed by atoms with van der Waals surface area (Å²) in [5.74, 6) is 0.0631. The lowest BCUT2D eigenvalue weighted by atomic mass is 9.87. The molecule has 0 saturated carbocycles. The van der Waals surface area contributed by atoms with Crippen molar-refractivity contribution in [2.24, 2.45) is 5.73 Å². The lowest BCUT2D eigenvalue weighted by molar-refractivity contribution is -0.128. The molecule has 4 rings (SSSR count). The summed E-state index contributed by atoms with van der Waals surface area (Å²) in [6, 6.07) is 19.3. The zero-order valence-corrected chi connectivity index (χ0v) is 19.5. The number of ether oxygens (including phenoxy) is 2. The molecule has 2 heterocycles. The van der Waals surface area contributed by atoms with Crippen LogP contribution in [0.2, 0.25) is 0 Å². The Morgan fingerprint density at radius 2 is 1.94 bits per heavy atom. The van der Waals surface area contributed by atoms with Crippen molar-refractivity contribution in [3.05, 3.63) is 99.1 Å². The molecule has 1 aromatic heterocycles. The number of hydrogen-bond donors (Lipinski definition) is 1. The van der Waals surface area contributed by atoms with Crippen LogP contribution in [0.5, 0.6) is 11.5 Å². The van der Waals surface area contributed by atoms with E-state index in [1.807, 2.05) is 29.6 Å². The van der Waals surface area contributed by atoms with Gasteiger partial charge in [-0.25, -0.2) is 4.79 Å². The third-order valence-electron chi connectivity index (χ3n) is 5.43. The molecular formula is C27H24N2O3S. The van der Waals surface area contributed by atoms with Gasteiger partial charge in [0.15, 0.2) is 0 Å². The van der Waals surface area contributed by atoms with E-state index < -0.39 is 5.97 Å². The van der Waals surface area contributed by atoms with Gasteiger partial charge in [0, 0.05) is 22.6 Å². The molecule has 1 atom stereocenters. The van der Waals surface area contributed by atoms with Crippen molar-refractivity contribution >= 4 is 23.4 Å². The van der Waals surface area contributed by atoms with Gasteiger partial charge in [0.1, 0.15) is 23.1 Å². The van der Waals surface area contributed by atoms with Crippen LogP contribution >= 0.6 is 11.3 Å². The summed E-state index contributed by atoms with van der Waals surface area (Å²) in [6.45, 7) is 6.47. The number of hydrogen-bond acceptors (Lipinski definition) is 6. The van der Waals surface area contributed by atoms with E-state index in [0.717, 1.165) is 16.0 Å². The van der Waals surface area contributed by atoms with Crippen LogP contribution in [0, 0.1) is 11.3 Å². The minimum atomic E-state index is -0.498. The second-order valence-corrected chi connectivity index (χ2v) is 9.75. The quantitative estimate of drug-likeness (QED) is 0.301. The van der Waals surface area contributed by atoms with Gasteiger partial charge in [-0.1, -0.05) is 57.2 Å². The van der Waals surface area contributed by atoms with Crippen molar-refractivity contribution < 1.29 is 14.3 Å². The first kappa shape index (κ1) is 22.4. The SMILES string of the molecule is CC(C)(C)c1ccc(/C=C/C(=O)Oc2ccc3c(c2)OC(N)=C(C#N)C3c2cccs2)cc1. The summed E-state index contributed by atoms with van der Waals surface area (Å²) in [7, 11) is 0. The number of carbonyl (C=O) groups is 1. The Labute approximate surface area is 197 Å². The molecule has 5 nitrogen and oxygen atoms in total. The topological polar surface area (TPSA) is 85.3 Å². The summed E-state index contributed by atoms with van der Waals surface area (Å²) >= 11 is 1.54. The highest BCUT2D eigenvalue weighted by molar-refractivity contribution is 7.10. The smallest absolute Gasteiger partial charge is 0.336 e. The summed E-state index contributed by atoms with van der Waals surface area (Å²) in [6.07, 6.45) is 3.11. The molecule has 0 amide bonds. The Morgan fingerprint density at radius 3 is 2.58 bits per heavy atom. The molecule has 3 aromatic rings. The Hall–Kier alpha value is -3.82. The molecule has 0 bridgehead atoms. The van der Waals surface area contributed by atoms with Gasteiger partial charge in [-0.05, 0) is 40.1 Å². The van der Waals surface area contributed by atoms with Gasteiger partial charge in [0.25, 0.3) is 0 Å². The Bertz CT molecular complexity index is 1270. The summed E-state index contributed by atoms with van der Waals surface area (Å²) in [5, 5.41) is 11.6. The minimum Gasteiger partial charge on any atom is -0.440 e. The third-order valence-corrected chi connectivity index (χ3v) is 6.36. The third kappa shape index (κ3) is 4.84. The maximum atomic E-state index is 12.4. The van der Waals surface area contributed by atoms with E-state index >= 15 is 0 Å². The van der Waals surface area contributed by atoms with Crippen LogP contribution < -0.4 is 15.2 Å². The monoisotopic (exact) mass is 456 g/mol. The lowest BCUT2D eigenvalue weighted by Gasteiger charge is -2.25. The van der Waals surface area contributed by atoms with Crippen molar-refractivity contribution in [3.63, 3.8) is 0 Å². The molecule has 0 spiro atoms. The molecule has 0 aliphatic carbocycles. The number of esters is 1. The van der Waals surface area contributed by atoms with Crippen molar-refractivity contribution in [2.75, 3.05) is 0 Å². The predicted molar refractivity (Wildman–Crippen MR) is 130 cm³/mol. The van der Waals surface area contributed by atoms with Crippen LogP contribution in [0.4, 0.5) is 0 Å². The average molecular weight is 457 g/mol. The molecule has 6 heteroatoms. The van der Waals surface area contributed by atoms with Crippen LogP contribution in [0.15, 0.2) is 77.5 Å². The van der Waals surface area contributed by atoms with E-state index in [1.54, 1.807) is 35.6 Å². The van der Waals surface area contributed by atoms with Gasteiger partial charge in [-0.2, -0.15) is 5.26 Å². The number of benzene rings is 2. The Morgan fingerprint density at radius 1 is 1.18 bits per heavy atom. The number of thiophene rings is 1. The molecule has 0 radical (unpaired) electrons. The highest BCUT2D eigenvalue weighted by Crippen LogP contribution is 2.44. The molecule has 1 aliphatic heterocycles. The molecule has 2 aromatic carbocycles. The molecule has 0 fully saturated rings. The first-order valence-electron chi connectivity index (χ1n) is 10.5. The summed E-state index contributed by atoms with van der Waals surface area (Å²) in [4.78, 5) is 13.4. The number of rotatable bonds is 4. The number of nitrogens with two attached hydrogens (primary N) is 1. The first-order chi connectivity index (χ1) is 15.8. The van der Waals surface area contributed by atoms with E-state index in [0.29, 0.717) is 17.1 Å². The van der Waals surface area contributed by atoms with Crippen molar-refractivity contribution in [2.45, 2.75) is 32.1 Å². The van der Waals surface area contributed by atoms with Gasteiger partial charge in [-0.3, -0.25) is 0 Å². The van der Waals surface area contributed by atoms with Crippen molar-refractivity contribution in [3.8, 4) is 17.6 Å². The first-order valence-corrected chi connectivity index (χ1v) is 11.4. The maximum absolute atomic E-state index is 12.4. The number of allylic oxidation sites excluding steroid dienone is 1. The maximum Gasteiger partial charge on any atom is 0.336 e. The second-order valence-electron chi connectivity index (χ2n) is 8.77. The average Bonchev–Trinajstić information content (AvgIpc) is 3.31. The Kier molecular flexibility index (Phi) is 6.08. The molecule has 0 saturated heterocycles. The largest absolute Gasteiger partial charge is 0.440 e. The fourth-order valence-electron chi connectivity index (χ4n) is 3.66. The Balaban J connectivity index is 1.51. The highest BCUT2D eigenvalue weighted by Gasteiger charge is 2.31. The normalized spacial score (nSPS) is 15.6. The van der Waals surface area contributed by atoms with Crippen LogP contribution in [0.1, 0.15) is 48.3 Å². The standard InChI is InChI=1S/C27H24N2O3S/c1-27(2,3)18-9-6-17(7-10-18)8-13-24(30)31-19-11-12-20-22(15-19)32-26(29)21(16-28)25(20)23-5-4-14-33-23/h4-15,25H,29H2,1-3H3/b13-8+. The van der Waals surface area contributed by atoms with E-state index in [-0.39, 0.29) is 17.2 Å². The second kappa shape index (κ2) is 8.97. The highest BCUT2D eigenvalue weighted by atomic mass is 32.1. The van der Waals surface area contributed by atoms with Gasteiger partial charge < -0.3 is 15.2 Å². The lowest BCUT2D eigenvalue weighted by Crippen LogP contribution is -2.20. The van der Waals surface area contributed by atoms with Gasteiger partial charge in [0.05, 0.1) is 5.92 Å². The van der Waals surface area contributed by atoms with Gasteiger partial charge in [0.2, 0.25) is 5.88 Å². The molecular weight excluding hydrogens is 432 g/mol. The molecule has 1 unspecified atom stereocenters. The number of carbonyl (C=O) groups excluding carboxylic acids is 1. The van der Waals surface area contributed by atoms with Crippen molar-refractivity contribution in [1.29, 1.82) is 5.26 Å². The van der Waals surface area contributed by atoms with E-state index in [4.69, 9.17) is 15.2 Å². The summed E-state index contributed by atoms with van der Waals surface area (Å²) < 4.78 is 11.2. The van der Waals surface area contributed by atoms with Crippen LogP contribution in [-0.2, 0) is 10.2 Å². The number of nitriles is 1. The fourth-order valence-corrected chi connectivity index (χ4v) is 4.51. The van der Waals surface area contributed by atoms with Crippen LogP contribution in [0.3, 0.4) is 0 Å². The zero-order valence-electron chi connectivity index (χ0n) is 18.7. The zero-order chi connectivity index (χ0) is 23.6. The molecule has 1 aliphatic rings. The van der Waals surface area contributed by atoms with E-state index in [9.17, 15) is 10.1 Å². The van der Waals surface area contributed by atoms with E-state index in [2.05, 4.69) is 39.0 Å². The molecule has 2 N–H and O–H groups in total. The number of nitrogens with zero attached hydrogens (tertiary/aromatic N) is 1. The van der Waals surface area contributed by atoms with E-state index in [1.165, 1.54) is 11.6 Å². The van der Waals surface area contributed by atoms with Crippen LogP contribution in [-0.4, -0.2) is 5.97 Å². The molecule has 33 heavy (non-hydrogen) atoms. The van der Waals surface area contributed by atoms with Crippen LogP contribution in [0.25, 0.3) is 6.08 Å². The molecule has 166 valence electrons. The summed E-state index contributed by atoms with van der Waals surface area (Å²) in [5.41, 5.74) is 9.41. The van der Waals surface area contributed by atoms with Gasteiger partial charge >= 0.3 is 5.97 Å². The predicted octanol–water partition coefficient (Wildman–Crippen LogP) is 5.88. The number of fused-ring (bicyclic) bond motifs is 1. The van der Waals surface area contributed by atoms with Crippen molar-refractivity contribution in [1.82, 2.24) is 0 Å². The fraction of sp³-hybridized carbons (Fsp3) is 0.185. The van der Waals surface area contributed by atoms with Gasteiger partial charge in [-0.15, -0.1) is 11.3 Å².